The van der Waals surface area contributed by atoms with Gasteiger partial charge in [0.15, 0.2) is 9.84 Å². The maximum Gasteiger partial charge on any atom is 0.306 e. The van der Waals surface area contributed by atoms with E-state index in [0.717, 1.165) is 6.26 Å². The first-order chi connectivity index (χ1) is 10.1. The van der Waals surface area contributed by atoms with Crippen LogP contribution in [0.15, 0.2) is 34.1 Å². The maximum absolute atomic E-state index is 12.5. The number of carbonyl (C=O) groups is 1. The highest BCUT2D eigenvalue weighted by atomic mass is 32.2. The van der Waals surface area contributed by atoms with Gasteiger partial charge in [-0.05, 0) is 37.1 Å². The van der Waals surface area contributed by atoms with Gasteiger partial charge in [0.1, 0.15) is 0 Å². The molecule has 1 N–H and O–H groups in total. The van der Waals surface area contributed by atoms with Gasteiger partial charge in [-0.2, -0.15) is 4.31 Å². The number of sulfone groups is 1. The topological polar surface area (TPSA) is 109 Å². The fourth-order valence-corrected chi connectivity index (χ4v) is 4.45. The minimum absolute atomic E-state index is 0.00803. The molecule has 1 saturated heterocycles. The van der Waals surface area contributed by atoms with Crippen molar-refractivity contribution >= 4 is 25.8 Å². The predicted molar refractivity (Wildman–Crippen MR) is 78.7 cm³/mol. The lowest BCUT2D eigenvalue weighted by Crippen LogP contribution is -2.40. The summed E-state index contributed by atoms with van der Waals surface area (Å²) in [6.07, 6.45) is 1.60. The van der Waals surface area contributed by atoms with E-state index in [1.165, 1.54) is 28.6 Å². The molecular formula is C13H17NO6S2. The van der Waals surface area contributed by atoms with Gasteiger partial charge in [-0.3, -0.25) is 4.79 Å². The van der Waals surface area contributed by atoms with Crippen molar-refractivity contribution < 1.29 is 26.7 Å². The van der Waals surface area contributed by atoms with E-state index >= 15 is 0 Å². The van der Waals surface area contributed by atoms with Gasteiger partial charge < -0.3 is 5.11 Å². The Morgan fingerprint density at radius 1 is 1.05 bits per heavy atom. The summed E-state index contributed by atoms with van der Waals surface area (Å²) in [6, 6.07) is 5.03. The number of carboxylic acids is 1. The molecule has 1 heterocycles. The fraction of sp³-hybridized carbons (Fsp3) is 0.462. The monoisotopic (exact) mass is 347 g/mol. The van der Waals surface area contributed by atoms with Crippen molar-refractivity contribution in [2.45, 2.75) is 22.6 Å². The molecule has 1 aromatic carbocycles. The molecule has 0 radical (unpaired) electrons. The molecule has 22 heavy (non-hydrogen) atoms. The molecule has 0 amide bonds. The number of carboxylic acid groups (broad SMARTS) is 1. The number of piperidine rings is 1. The molecule has 122 valence electrons. The molecule has 1 fully saturated rings. The van der Waals surface area contributed by atoms with Crippen molar-refractivity contribution in [3.63, 3.8) is 0 Å². The van der Waals surface area contributed by atoms with Crippen LogP contribution in [-0.4, -0.2) is 51.6 Å². The second-order valence-electron chi connectivity index (χ2n) is 5.26. The molecule has 0 aliphatic carbocycles. The molecule has 1 aliphatic rings. The van der Waals surface area contributed by atoms with E-state index < -0.39 is 31.7 Å². The van der Waals surface area contributed by atoms with Gasteiger partial charge in [0.2, 0.25) is 10.0 Å². The van der Waals surface area contributed by atoms with Gasteiger partial charge in [-0.1, -0.05) is 0 Å². The van der Waals surface area contributed by atoms with Crippen LogP contribution < -0.4 is 0 Å². The molecule has 0 bridgehead atoms. The predicted octanol–water partition coefficient (Wildman–Crippen LogP) is 0.575. The summed E-state index contributed by atoms with van der Waals surface area (Å²) in [7, 11) is -7.11. The van der Waals surface area contributed by atoms with Gasteiger partial charge in [0.05, 0.1) is 15.7 Å². The third-order valence-corrected chi connectivity index (χ3v) is 6.73. The minimum Gasteiger partial charge on any atom is -0.481 e. The van der Waals surface area contributed by atoms with Crippen molar-refractivity contribution in [3.05, 3.63) is 24.3 Å². The Balaban J connectivity index is 2.19. The van der Waals surface area contributed by atoms with E-state index in [4.69, 9.17) is 5.11 Å². The molecule has 9 heteroatoms. The minimum atomic E-state index is -3.73. The fourth-order valence-electron chi connectivity index (χ4n) is 2.35. The lowest BCUT2D eigenvalue weighted by Gasteiger charge is -2.29. The third kappa shape index (κ3) is 3.47. The Bertz CT molecular complexity index is 759. The van der Waals surface area contributed by atoms with E-state index in [1.807, 2.05) is 0 Å². The maximum atomic E-state index is 12.5. The van der Waals surface area contributed by atoms with E-state index in [0.29, 0.717) is 0 Å². The van der Waals surface area contributed by atoms with Crippen LogP contribution in [0, 0.1) is 5.92 Å². The van der Waals surface area contributed by atoms with Gasteiger partial charge >= 0.3 is 5.97 Å². The molecule has 0 spiro atoms. The van der Waals surface area contributed by atoms with Crippen LogP contribution in [0.2, 0.25) is 0 Å². The summed E-state index contributed by atoms with van der Waals surface area (Å²) < 4.78 is 48.9. The van der Waals surface area contributed by atoms with Crippen molar-refractivity contribution in [1.82, 2.24) is 4.31 Å². The lowest BCUT2D eigenvalue weighted by molar-refractivity contribution is -0.142. The van der Waals surface area contributed by atoms with E-state index in [9.17, 15) is 21.6 Å². The SMILES string of the molecule is CS(=O)(=O)c1ccc(S(=O)(=O)N2CCC(C(=O)O)CC2)cc1. The number of nitrogens with zero attached hydrogens (tertiary/aromatic N) is 1. The van der Waals surface area contributed by atoms with Crippen LogP contribution in [0.1, 0.15) is 12.8 Å². The van der Waals surface area contributed by atoms with Crippen LogP contribution in [0.4, 0.5) is 0 Å². The Morgan fingerprint density at radius 3 is 1.91 bits per heavy atom. The molecule has 0 saturated carbocycles. The first-order valence-electron chi connectivity index (χ1n) is 6.65. The second-order valence-corrected chi connectivity index (χ2v) is 9.21. The summed E-state index contributed by atoms with van der Waals surface area (Å²) in [5, 5.41) is 8.93. The molecule has 0 unspecified atom stereocenters. The molecule has 7 nitrogen and oxygen atoms in total. The average molecular weight is 347 g/mol. The smallest absolute Gasteiger partial charge is 0.306 e. The highest BCUT2D eigenvalue weighted by molar-refractivity contribution is 7.90. The van der Waals surface area contributed by atoms with Crippen LogP contribution >= 0.6 is 0 Å². The molecule has 2 rings (SSSR count). The van der Waals surface area contributed by atoms with Gasteiger partial charge in [0, 0.05) is 19.3 Å². The zero-order valence-corrected chi connectivity index (χ0v) is 13.6. The zero-order valence-electron chi connectivity index (χ0n) is 12.0. The molecule has 0 atom stereocenters. The van der Waals surface area contributed by atoms with Crippen LogP contribution in [-0.2, 0) is 24.7 Å². The van der Waals surface area contributed by atoms with Crippen molar-refractivity contribution in [3.8, 4) is 0 Å². The summed E-state index contributed by atoms with van der Waals surface area (Å²) >= 11 is 0. The highest BCUT2D eigenvalue weighted by Crippen LogP contribution is 2.24. The largest absolute Gasteiger partial charge is 0.481 e. The first kappa shape index (κ1) is 16.9. The quantitative estimate of drug-likeness (QED) is 0.853. The van der Waals surface area contributed by atoms with Crippen LogP contribution in [0.25, 0.3) is 0 Å². The van der Waals surface area contributed by atoms with Gasteiger partial charge in [0.25, 0.3) is 0 Å². The summed E-state index contributed by atoms with van der Waals surface area (Å²) in [6.45, 7) is 0.292. The number of benzene rings is 1. The Morgan fingerprint density at radius 2 is 1.50 bits per heavy atom. The Kier molecular flexibility index (Phi) is 4.59. The van der Waals surface area contributed by atoms with E-state index in [2.05, 4.69) is 0 Å². The number of rotatable bonds is 4. The van der Waals surface area contributed by atoms with Crippen molar-refractivity contribution in [1.29, 1.82) is 0 Å². The average Bonchev–Trinajstić information content (AvgIpc) is 2.46. The standard InChI is InChI=1S/C13H17NO6S2/c1-21(17,18)11-2-4-12(5-3-11)22(19,20)14-8-6-10(7-9-14)13(15)16/h2-5,10H,6-9H2,1H3,(H,15,16). The lowest BCUT2D eigenvalue weighted by atomic mass is 9.99. The molecule has 1 aromatic rings. The normalized spacial score (nSPS) is 18.2. The number of hydrogen-bond acceptors (Lipinski definition) is 5. The first-order valence-corrected chi connectivity index (χ1v) is 9.98. The Labute approximate surface area is 129 Å². The highest BCUT2D eigenvalue weighted by Gasteiger charge is 2.32. The van der Waals surface area contributed by atoms with Crippen LogP contribution in [0.3, 0.4) is 0 Å². The van der Waals surface area contributed by atoms with Gasteiger partial charge in [-0.25, -0.2) is 16.8 Å². The van der Waals surface area contributed by atoms with Crippen molar-refractivity contribution in [2.24, 2.45) is 5.92 Å². The van der Waals surface area contributed by atoms with Crippen LogP contribution in [0.5, 0.6) is 0 Å². The van der Waals surface area contributed by atoms with Crippen molar-refractivity contribution in [2.75, 3.05) is 19.3 Å². The number of sulfonamides is 1. The third-order valence-electron chi connectivity index (χ3n) is 3.69. The zero-order chi connectivity index (χ0) is 16.5. The number of hydrogen-bond donors (Lipinski definition) is 1. The van der Waals surface area contributed by atoms with E-state index in [-0.39, 0.29) is 35.7 Å². The molecule has 0 aromatic heterocycles. The summed E-state index contributed by atoms with van der Waals surface area (Å²) in [5.74, 6) is -1.42. The molecule has 1 aliphatic heterocycles. The second kappa shape index (κ2) is 5.98. The summed E-state index contributed by atoms with van der Waals surface area (Å²) in [5.41, 5.74) is 0. The number of aliphatic carboxylic acids is 1. The van der Waals surface area contributed by atoms with E-state index in [1.54, 1.807) is 0 Å². The summed E-state index contributed by atoms with van der Waals surface area (Å²) in [4.78, 5) is 10.9. The Hall–Kier alpha value is -1.45. The molecular weight excluding hydrogens is 330 g/mol. The van der Waals surface area contributed by atoms with Gasteiger partial charge in [-0.15, -0.1) is 0 Å².